The van der Waals surface area contributed by atoms with Crippen LogP contribution in [0.2, 0.25) is 0 Å². The molecule has 1 aliphatic rings. The molecule has 1 aromatic rings. The average molecular weight is 332 g/mol. The van der Waals surface area contributed by atoms with E-state index < -0.39 is 0 Å². The van der Waals surface area contributed by atoms with Crippen molar-refractivity contribution >= 4 is 5.96 Å². The number of rotatable bonds is 4. The average Bonchev–Trinajstić information content (AvgIpc) is 2.56. The lowest BCUT2D eigenvalue weighted by Crippen LogP contribution is -2.47. The summed E-state index contributed by atoms with van der Waals surface area (Å²) in [5.41, 5.74) is 2.72. The minimum atomic E-state index is 0.172. The minimum Gasteiger partial charge on any atom is -0.377 e. The van der Waals surface area contributed by atoms with E-state index in [0.29, 0.717) is 12.0 Å². The van der Waals surface area contributed by atoms with Crippen molar-refractivity contribution in [1.82, 2.24) is 10.6 Å². The summed E-state index contributed by atoms with van der Waals surface area (Å²) in [6, 6.07) is 8.58. The second-order valence-corrected chi connectivity index (χ2v) is 7.85. The van der Waals surface area contributed by atoms with Crippen LogP contribution >= 0.6 is 0 Å². The number of nitrogens with zero attached hydrogens (tertiary/aromatic N) is 1. The first kappa shape index (κ1) is 18.8. The second kappa shape index (κ2) is 8.52. The van der Waals surface area contributed by atoms with Crippen molar-refractivity contribution in [3.63, 3.8) is 0 Å². The van der Waals surface area contributed by atoms with Crippen molar-refractivity contribution in [3.8, 4) is 0 Å². The smallest absolute Gasteiger partial charge is 0.191 e. The molecule has 4 heteroatoms. The molecule has 1 fully saturated rings. The van der Waals surface area contributed by atoms with Crippen LogP contribution in [0.3, 0.4) is 0 Å². The van der Waals surface area contributed by atoms with Crippen molar-refractivity contribution < 1.29 is 4.74 Å². The molecule has 2 unspecified atom stereocenters. The molecule has 24 heavy (non-hydrogen) atoms. The van der Waals surface area contributed by atoms with Crippen LogP contribution in [0.4, 0.5) is 0 Å². The van der Waals surface area contributed by atoms with Crippen molar-refractivity contribution in [1.29, 1.82) is 0 Å². The lowest BCUT2D eigenvalue weighted by molar-refractivity contribution is -0.0835. The van der Waals surface area contributed by atoms with E-state index in [1.165, 1.54) is 17.5 Å². The zero-order chi connectivity index (χ0) is 17.6. The standard InChI is InChI=1S/C20H33N3O/c1-15-8-10-16(11-9-15)13-22-19(21-5)23-14-17-7-6-12-24-18(17)20(2,3)4/h8-11,17-18H,6-7,12-14H2,1-5H3,(H2,21,22,23). The van der Waals surface area contributed by atoms with E-state index in [1.807, 2.05) is 7.05 Å². The van der Waals surface area contributed by atoms with Crippen LogP contribution in [0.1, 0.15) is 44.7 Å². The van der Waals surface area contributed by atoms with Gasteiger partial charge in [0.1, 0.15) is 0 Å². The Bertz CT molecular complexity index is 531. The highest BCUT2D eigenvalue weighted by molar-refractivity contribution is 5.79. The predicted octanol–water partition coefficient (Wildman–Crippen LogP) is 3.50. The highest BCUT2D eigenvalue weighted by Gasteiger charge is 2.35. The van der Waals surface area contributed by atoms with Gasteiger partial charge in [0.25, 0.3) is 0 Å². The Morgan fingerprint density at radius 1 is 1.21 bits per heavy atom. The summed E-state index contributed by atoms with van der Waals surface area (Å²) in [4.78, 5) is 4.35. The molecule has 0 aliphatic carbocycles. The molecule has 4 nitrogen and oxygen atoms in total. The molecule has 1 aliphatic heterocycles. The predicted molar refractivity (Wildman–Crippen MR) is 101 cm³/mol. The Hall–Kier alpha value is -1.55. The summed E-state index contributed by atoms with van der Waals surface area (Å²) in [5.74, 6) is 1.38. The van der Waals surface area contributed by atoms with Gasteiger partial charge in [-0.15, -0.1) is 0 Å². The van der Waals surface area contributed by atoms with Gasteiger partial charge in [0.2, 0.25) is 0 Å². The lowest BCUT2D eigenvalue weighted by atomic mass is 9.78. The number of hydrogen-bond acceptors (Lipinski definition) is 2. The zero-order valence-corrected chi connectivity index (χ0v) is 15.9. The van der Waals surface area contributed by atoms with E-state index in [1.54, 1.807) is 0 Å². The first-order valence-electron chi connectivity index (χ1n) is 9.02. The summed E-state index contributed by atoms with van der Waals surface area (Å²) >= 11 is 0. The summed E-state index contributed by atoms with van der Waals surface area (Å²) in [7, 11) is 1.82. The van der Waals surface area contributed by atoms with Crippen molar-refractivity contribution in [3.05, 3.63) is 35.4 Å². The highest BCUT2D eigenvalue weighted by atomic mass is 16.5. The van der Waals surface area contributed by atoms with Crippen LogP contribution in [0.15, 0.2) is 29.3 Å². The third-order valence-electron chi connectivity index (χ3n) is 4.63. The molecule has 0 radical (unpaired) electrons. The normalized spacial score (nSPS) is 22.3. The number of aliphatic imine (C=N–C) groups is 1. The third-order valence-corrected chi connectivity index (χ3v) is 4.63. The number of benzene rings is 1. The van der Waals surface area contributed by atoms with E-state index >= 15 is 0 Å². The molecule has 0 amide bonds. The highest BCUT2D eigenvalue weighted by Crippen LogP contribution is 2.33. The number of nitrogens with one attached hydrogen (secondary N) is 2. The fourth-order valence-corrected chi connectivity index (χ4v) is 3.35. The van der Waals surface area contributed by atoms with Gasteiger partial charge in [-0.05, 0) is 30.7 Å². The molecule has 1 saturated heterocycles. The van der Waals surface area contributed by atoms with E-state index in [-0.39, 0.29) is 5.41 Å². The van der Waals surface area contributed by atoms with Gasteiger partial charge in [-0.1, -0.05) is 50.6 Å². The molecule has 0 bridgehead atoms. The van der Waals surface area contributed by atoms with Crippen LogP contribution in [0.25, 0.3) is 0 Å². The van der Waals surface area contributed by atoms with Gasteiger partial charge in [-0.3, -0.25) is 4.99 Å². The molecular formula is C20H33N3O. The Labute approximate surface area is 147 Å². The van der Waals surface area contributed by atoms with Gasteiger partial charge in [0, 0.05) is 32.7 Å². The maximum absolute atomic E-state index is 6.06. The molecule has 2 atom stereocenters. The molecule has 0 saturated carbocycles. The molecule has 134 valence electrons. The van der Waals surface area contributed by atoms with Crippen molar-refractivity contribution in [2.75, 3.05) is 20.2 Å². The van der Waals surface area contributed by atoms with Crippen LogP contribution in [-0.4, -0.2) is 32.3 Å². The van der Waals surface area contributed by atoms with E-state index in [4.69, 9.17) is 4.74 Å². The maximum Gasteiger partial charge on any atom is 0.191 e. The van der Waals surface area contributed by atoms with Crippen LogP contribution in [0, 0.1) is 18.3 Å². The first-order valence-corrected chi connectivity index (χ1v) is 9.02. The summed E-state index contributed by atoms with van der Waals surface area (Å²) in [5, 5.41) is 6.88. The Morgan fingerprint density at radius 2 is 1.92 bits per heavy atom. The molecule has 0 spiro atoms. The second-order valence-electron chi connectivity index (χ2n) is 7.85. The molecule has 1 aromatic carbocycles. The molecule has 1 heterocycles. The molecular weight excluding hydrogens is 298 g/mol. The van der Waals surface area contributed by atoms with Crippen molar-refractivity contribution in [2.45, 2.75) is 53.2 Å². The van der Waals surface area contributed by atoms with Gasteiger partial charge in [0.05, 0.1) is 6.10 Å². The SMILES string of the molecule is CN=C(NCc1ccc(C)cc1)NCC1CCCOC1C(C)(C)C. The van der Waals surface area contributed by atoms with Crippen LogP contribution < -0.4 is 10.6 Å². The fraction of sp³-hybridized carbons (Fsp3) is 0.650. The van der Waals surface area contributed by atoms with E-state index in [2.05, 4.69) is 67.6 Å². The van der Waals surface area contributed by atoms with Crippen molar-refractivity contribution in [2.24, 2.45) is 16.3 Å². The van der Waals surface area contributed by atoms with E-state index in [9.17, 15) is 0 Å². The topological polar surface area (TPSA) is 45.7 Å². The van der Waals surface area contributed by atoms with Gasteiger partial charge in [-0.25, -0.2) is 0 Å². The number of hydrogen-bond donors (Lipinski definition) is 2. The largest absolute Gasteiger partial charge is 0.377 e. The Balaban J connectivity index is 1.85. The Kier molecular flexibility index (Phi) is 6.67. The maximum atomic E-state index is 6.06. The molecule has 2 rings (SSSR count). The van der Waals surface area contributed by atoms with Gasteiger partial charge in [-0.2, -0.15) is 0 Å². The first-order chi connectivity index (χ1) is 11.4. The number of ether oxygens (including phenoxy) is 1. The zero-order valence-electron chi connectivity index (χ0n) is 15.9. The monoisotopic (exact) mass is 331 g/mol. The quantitative estimate of drug-likeness (QED) is 0.656. The molecule has 2 N–H and O–H groups in total. The third kappa shape index (κ3) is 5.52. The fourth-order valence-electron chi connectivity index (χ4n) is 3.35. The van der Waals surface area contributed by atoms with Crippen LogP contribution in [0.5, 0.6) is 0 Å². The molecule has 0 aromatic heterocycles. The summed E-state index contributed by atoms with van der Waals surface area (Å²) in [6.45, 7) is 11.5. The minimum absolute atomic E-state index is 0.172. The summed E-state index contributed by atoms with van der Waals surface area (Å²) in [6.07, 6.45) is 2.66. The van der Waals surface area contributed by atoms with Gasteiger partial charge in [0.15, 0.2) is 5.96 Å². The van der Waals surface area contributed by atoms with Gasteiger partial charge >= 0.3 is 0 Å². The van der Waals surface area contributed by atoms with Crippen LogP contribution in [-0.2, 0) is 11.3 Å². The Morgan fingerprint density at radius 3 is 2.54 bits per heavy atom. The van der Waals surface area contributed by atoms with Gasteiger partial charge < -0.3 is 15.4 Å². The number of guanidine groups is 1. The van der Waals surface area contributed by atoms with E-state index in [0.717, 1.165) is 32.1 Å². The summed E-state index contributed by atoms with van der Waals surface area (Å²) < 4.78 is 6.06. The lowest BCUT2D eigenvalue weighted by Gasteiger charge is -2.40. The number of aryl methyl sites for hydroxylation is 1.